The maximum Gasteiger partial charge on any atom is 0.159 e. The van der Waals surface area contributed by atoms with Crippen molar-refractivity contribution in [2.75, 3.05) is 14.7 Å². The zero-order valence-corrected chi connectivity index (χ0v) is 68.4. The Morgan fingerprint density at radius 1 is 0.176 bits per heavy atom. The van der Waals surface area contributed by atoms with Crippen molar-refractivity contribution in [3.63, 3.8) is 0 Å². The van der Waals surface area contributed by atoms with Gasteiger partial charge in [-0.15, -0.1) is 0 Å². The van der Waals surface area contributed by atoms with Gasteiger partial charge >= 0.3 is 0 Å². The molecule has 0 saturated heterocycles. The van der Waals surface area contributed by atoms with Crippen LogP contribution in [0.4, 0.5) is 51.2 Å². The summed E-state index contributed by atoms with van der Waals surface area (Å²) in [6.45, 7) is 4.70. The molecule has 24 aromatic carbocycles. The standard InChI is InChI=1S/C43H29NO.2C38H23NO/c1-43(2)35-14-5-3-11-30(35)31-23-21-29(25-36(31)43)44(38-15-8-13-33-32-12-4-6-16-39(32)45-42(33)38)37-24-20-28-18-17-26-9-7-10-27-19-22-34(37)41(28)40(26)27;1-2-12-28-24(8-1)9-6-15-32(28)39(34-16-7-14-30-29-13-3-4-17-35(29)40-38(30)34)33-23-21-27-19-18-25-10-5-11-26-20-22-31(33)37(27)36(25)26;1-2-8-28-23-29(20-17-24(28)7-1)39(34-13-6-12-31-30-11-3-4-14-35(30)40-38(31)34)33-22-19-27-16-15-25-9-5-10-26-18-21-32(33)37(27)36(25)26/h3-25H,1-2H3;2*1-23H. The van der Waals surface area contributed by atoms with Crippen LogP contribution in [0.2, 0.25) is 0 Å². The van der Waals surface area contributed by atoms with E-state index in [-0.39, 0.29) is 5.41 Å². The molecule has 0 amide bonds. The second kappa shape index (κ2) is 27.4. The first-order valence-electron chi connectivity index (χ1n) is 43.1. The normalized spacial score (nSPS) is 12.6. The Labute approximate surface area is 718 Å². The van der Waals surface area contributed by atoms with E-state index >= 15 is 0 Å². The van der Waals surface area contributed by atoms with E-state index in [1.165, 1.54) is 141 Å². The molecular formula is C119H75N3O3. The van der Waals surface area contributed by atoms with E-state index in [1.54, 1.807) is 0 Å². The van der Waals surface area contributed by atoms with E-state index in [0.717, 1.165) is 117 Å². The molecule has 0 fully saturated rings. The first-order valence-corrected chi connectivity index (χ1v) is 43.1. The Kier molecular flexibility index (Phi) is 15.4. The van der Waals surface area contributed by atoms with Crippen molar-refractivity contribution >= 4 is 235 Å². The minimum atomic E-state index is -0.109. The second-order valence-electron chi connectivity index (χ2n) is 34.0. The van der Waals surface area contributed by atoms with Gasteiger partial charge in [0.2, 0.25) is 0 Å². The van der Waals surface area contributed by atoms with Crippen LogP contribution in [0.5, 0.6) is 0 Å². The molecule has 0 N–H and O–H groups in total. The van der Waals surface area contributed by atoms with Crippen LogP contribution in [0.15, 0.2) is 432 Å². The lowest BCUT2D eigenvalue weighted by atomic mass is 9.82. The molecule has 6 heteroatoms. The zero-order chi connectivity index (χ0) is 82.3. The number of nitrogens with zero attached hydrogens (tertiary/aromatic N) is 3. The lowest BCUT2D eigenvalue weighted by molar-refractivity contribution is 0.660. The molecule has 584 valence electrons. The molecule has 125 heavy (non-hydrogen) atoms. The van der Waals surface area contributed by atoms with Gasteiger partial charge in [0, 0.05) is 70.7 Å². The average Bonchev–Trinajstić information content (AvgIpc) is 1.71. The zero-order valence-electron chi connectivity index (χ0n) is 68.4. The van der Waals surface area contributed by atoms with Crippen molar-refractivity contribution in [1.29, 1.82) is 0 Å². The highest BCUT2D eigenvalue weighted by Crippen LogP contribution is 2.56. The SMILES string of the molecule is CC1(C)c2ccccc2-c2ccc(N(c3ccc4ccc5cccc6ccc3c4c56)c3cccc4c3oc3ccccc34)cc21.c1ccc2c(N(c3ccc4ccc5cccc6ccc3c4c56)c3cccc4c3oc3ccccc34)cccc2c1.c1ccc2cc(N(c3ccc4ccc5cccc6ccc3c4c56)c3cccc4c3oc3ccccc34)ccc2c1. The third-order valence-electron chi connectivity index (χ3n) is 26.9. The van der Waals surface area contributed by atoms with E-state index in [9.17, 15) is 0 Å². The monoisotopic (exact) mass is 1590 g/mol. The number of benzene rings is 24. The highest BCUT2D eigenvalue weighted by Gasteiger charge is 2.37. The van der Waals surface area contributed by atoms with Gasteiger partial charge < -0.3 is 28.0 Å². The Hall–Kier alpha value is -16.3. The Bertz CT molecular complexity index is 9040. The van der Waals surface area contributed by atoms with Crippen LogP contribution in [-0.4, -0.2) is 0 Å². The first kappa shape index (κ1) is 70.6. The number of fused-ring (bicyclic) bond motifs is 14. The van der Waals surface area contributed by atoms with Crippen molar-refractivity contribution in [3.8, 4) is 11.1 Å². The summed E-state index contributed by atoms with van der Waals surface area (Å²) < 4.78 is 19.9. The van der Waals surface area contributed by atoms with Crippen molar-refractivity contribution in [2.45, 2.75) is 19.3 Å². The third-order valence-corrected chi connectivity index (χ3v) is 26.9. The summed E-state index contributed by atoms with van der Waals surface area (Å²) in [4.78, 5) is 7.21. The van der Waals surface area contributed by atoms with Gasteiger partial charge in [-0.25, -0.2) is 0 Å². The van der Waals surface area contributed by atoms with Gasteiger partial charge in [0.1, 0.15) is 16.7 Å². The molecule has 3 heterocycles. The fourth-order valence-corrected chi connectivity index (χ4v) is 21.2. The molecule has 0 spiro atoms. The Morgan fingerprint density at radius 2 is 0.472 bits per heavy atom. The van der Waals surface area contributed by atoms with E-state index < -0.39 is 0 Å². The molecule has 1 aliphatic rings. The summed E-state index contributed by atoms with van der Waals surface area (Å²) in [6.07, 6.45) is 0. The summed E-state index contributed by atoms with van der Waals surface area (Å²) in [7, 11) is 0. The van der Waals surface area contributed by atoms with Crippen molar-refractivity contribution in [3.05, 3.63) is 430 Å². The molecule has 0 radical (unpaired) electrons. The van der Waals surface area contributed by atoms with Gasteiger partial charge in [0.05, 0.1) is 39.8 Å². The lowest BCUT2D eigenvalue weighted by Gasteiger charge is -2.29. The summed E-state index contributed by atoms with van der Waals surface area (Å²) >= 11 is 0. The minimum absolute atomic E-state index is 0.109. The van der Waals surface area contributed by atoms with Gasteiger partial charge in [-0.1, -0.05) is 347 Å². The van der Waals surface area contributed by atoms with Crippen molar-refractivity contribution in [2.24, 2.45) is 0 Å². The summed E-state index contributed by atoms with van der Waals surface area (Å²) in [6, 6.07) is 151. The summed E-state index contributed by atoms with van der Waals surface area (Å²) in [5.41, 5.74) is 20.5. The predicted octanol–water partition coefficient (Wildman–Crippen LogP) is 34.5. The number of hydrogen-bond donors (Lipinski definition) is 0. The Morgan fingerprint density at radius 3 is 0.952 bits per heavy atom. The molecule has 0 unspecified atom stereocenters. The number of hydrogen-bond acceptors (Lipinski definition) is 6. The van der Waals surface area contributed by atoms with Crippen LogP contribution >= 0.6 is 0 Å². The predicted molar refractivity (Wildman–Crippen MR) is 529 cm³/mol. The number of rotatable bonds is 9. The van der Waals surface area contributed by atoms with Gasteiger partial charge in [-0.05, 0) is 204 Å². The quantitative estimate of drug-likeness (QED) is 0.134. The van der Waals surface area contributed by atoms with Gasteiger partial charge in [0.25, 0.3) is 0 Å². The summed E-state index contributed by atoms with van der Waals surface area (Å²) in [5, 5.41) is 34.5. The van der Waals surface area contributed by atoms with E-state index in [4.69, 9.17) is 13.3 Å². The molecule has 0 atom stereocenters. The summed E-state index contributed by atoms with van der Waals surface area (Å²) in [5.74, 6) is 0. The lowest BCUT2D eigenvalue weighted by Crippen LogP contribution is -2.16. The molecule has 6 nitrogen and oxygen atoms in total. The Balaban J connectivity index is 0.000000100. The average molecular weight is 1590 g/mol. The first-order chi connectivity index (χ1) is 61.8. The van der Waals surface area contributed by atoms with Crippen LogP contribution in [-0.2, 0) is 5.41 Å². The molecule has 28 rings (SSSR count). The van der Waals surface area contributed by atoms with Crippen LogP contribution in [0.25, 0.3) is 195 Å². The van der Waals surface area contributed by atoms with Crippen LogP contribution < -0.4 is 14.7 Å². The molecule has 1 aliphatic carbocycles. The molecule has 0 aliphatic heterocycles. The van der Waals surface area contributed by atoms with Gasteiger partial charge in [0.15, 0.2) is 16.7 Å². The number of furan rings is 3. The smallest absolute Gasteiger partial charge is 0.159 e. The number of para-hydroxylation sites is 6. The highest BCUT2D eigenvalue weighted by molar-refractivity contribution is 6.30. The minimum Gasteiger partial charge on any atom is -0.454 e. The van der Waals surface area contributed by atoms with E-state index in [1.807, 2.05) is 18.2 Å². The molecule has 3 aromatic heterocycles. The number of anilines is 9. The van der Waals surface area contributed by atoms with E-state index in [2.05, 4.69) is 429 Å². The van der Waals surface area contributed by atoms with Crippen LogP contribution in [0, 0.1) is 0 Å². The fourth-order valence-electron chi connectivity index (χ4n) is 21.2. The maximum absolute atomic E-state index is 6.68. The molecule has 0 bridgehead atoms. The maximum atomic E-state index is 6.68. The van der Waals surface area contributed by atoms with Gasteiger partial charge in [-0.2, -0.15) is 0 Å². The van der Waals surface area contributed by atoms with Crippen LogP contribution in [0.1, 0.15) is 25.0 Å². The molecule has 0 saturated carbocycles. The largest absolute Gasteiger partial charge is 0.454 e. The molecule has 27 aromatic rings. The second-order valence-corrected chi connectivity index (χ2v) is 34.0. The fraction of sp³-hybridized carbons (Fsp3) is 0.0252. The third kappa shape index (κ3) is 10.7. The van der Waals surface area contributed by atoms with Crippen molar-refractivity contribution in [1.82, 2.24) is 0 Å². The van der Waals surface area contributed by atoms with E-state index in [0.29, 0.717) is 0 Å². The van der Waals surface area contributed by atoms with Gasteiger partial charge in [-0.3, -0.25) is 0 Å². The van der Waals surface area contributed by atoms with Crippen LogP contribution in [0.3, 0.4) is 0 Å². The molecular weight excluding hydrogens is 1520 g/mol. The highest BCUT2D eigenvalue weighted by atomic mass is 16.3. The van der Waals surface area contributed by atoms with Crippen molar-refractivity contribution < 1.29 is 13.3 Å². The topological polar surface area (TPSA) is 49.1 Å².